The van der Waals surface area contributed by atoms with Crippen LogP contribution in [0.25, 0.3) is 0 Å². The van der Waals surface area contributed by atoms with E-state index in [0.29, 0.717) is 47.3 Å². The molecule has 1 aromatic heterocycles. The van der Waals surface area contributed by atoms with Gasteiger partial charge < -0.3 is 14.4 Å². The molecular weight excluding hydrogens is 466 g/mol. The quantitative estimate of drug-likeness (QED) is 0.552. The molecule has 2 aliphatic rings. The van der Waals surface area contributed by atoms with E-state index in [9.17, 15) is 13.2 Å². The molecule has 8 nitrogen and oxygen atoms in total. The van der Waals surface area contributed by atoms with Crippen LogP contribution in [0.1, 0.15) is 48.3 Å². The van der Waals surface area contributed by atoms with Gasteiger partial charge in [0, 0.05) is 44.0 Å². The number of ether oxygens (including phenoxy) is 2. The molecule has 3 heterocycles. The van der Waals surface area contributed by atoms with Gasteiger partial charge in [0.05, 0.1) is 18.6 Å². The number of amides is 1. The summed E-state index contributed by atoms with van der Waals surface area (Å²) in [5, 5.41) is 0. The first-order chi connectivity index (χ1) is 16.8. The summed E-state index contributed by atoms with van der Waals surface area (Å²) in [5.41, 5.74) is 2.53. The molecule has 2 aromatic rings. The lowest BCUT2D eigenvalue weighted by Crippen LogP contribution is -2.46. The Hall–Kier alpha value is -2.49. The summed E-state index contributed by atoms with van der Waals surface area (Å²) in [4.78, 5) is 19.0. The van der Waals surface area contributed by atoms with Gasteiger partial charge in [-0.1, -0.05) is 6.42 Å². The summed E-state index contributed by atoms with van der Waals surface area (Å²) in [6.45, 7) is 5.60. The van der Waals surface area contributed by atoms with Crippen LogP contribution in [0.15, 0.2) is 41.6 Å². The maximum Gasteiger partial charge on any atom is 0.248 e. The molecular formula is C26H35N3O5S. The number of piperidine rings is 1. The predicted molar refractivity (Wildman–Crippen MR) is 133 cm³/mol. The van der Waals surface area contributed by atoms with Gasteiger partial charge in [0.25, 0.3) is 0 Å². The first-order valence-electron chi connectivity index (χ1n) is 12.2. The molecule has 190 valence electrons. The fourth-order valence-electron chi connectivity index (χ4n) is 5.28. The van der Waals surface area contributed by atoms with Gasteiger partial charge in [-0.15, -0.1) is 0 Å². The van der Waals surface area contributed by atoms with Crippen molar-refractivity contribution in [3.8, 4) is 5.75 Å². The lowest BCUT2D eigenvalue weighted by atomic mass is 10.00. The van der Waals surface area contributed by atoms with E-state index in [0.717, 1.165) is 25.7 Å². The third-order valence-corrected chi connectivity index (χ3v) is 9.32. The van der Waals surface area contributed by atoms with Crippen molar-refractivity contribution in [1.82, 2.24) is 14.2 Å². The number of aromatic nitrogens is 1. The number of carbonyl (C=O) groups excluding carboxylic acids is 1. The molecule has 1 aromatic carbocycles. The SMILES string of the molecule is COc1cc(C)c(S(=O)(=O)N2CCCCC2COCC(=O)N2CCC(c3ccncc3)C2)c(C)c1. The van der Waals surface area contributed by atoms with E-state index in [-0.39, 0.29) is 25.2 Å². The second kappa shape index (κ2) is 11.1. The van der Waals surface area contributed by atoms with Crippen LogP contribution in [-0.4, -0.2) is 74.5 Å². The lowest BCUT2D eigenvalue weighted by molar-refractivity contribution is -0.135. The van der Waals surface area contributed by atoms with Gasteiger partial charge in [-0.3, -0.25) is 9.78 Å². The monoisotopic (exact) mass is 501 g/mol. The number of methoxy groups -OCH3 is 1. The number of likely N-dealkylation sites (tertiary alicyclic amines) is 1. The van der Waals surface area contributed by atoms with Crippen LogP contribution >= 0.6 is 0 Å². The Morgan fingerprint density at radius 3 is 2.49 bits per heavy atom. The molecule has 2 aliphatic heterocycles. The molecule has 2 unspecified atom stereocenters. The molecule has 0 saturated carbocycles. The van der Waals surface area contributed by atoms with Gasteiger partial charge in [0.1, 0.15) is 12.4 Å². The summed E-state index contributed by atoms with van der Waals surface area (Å²) in [6.07, 6.45) is 6.95. The normalized spacial score (nSPS) is 21.3. The summed E-state index contributed by atoms with van der Waals surface area (Å²) in [7, 11) is -2.13. The van der Waals surface area contributed by atoms with Gasteiger partial charge in [-0.25, -0.2) is 8.42 Å². The number of sulfonamides is 1. The van der Waals surface area contributed by atoms with Crippen LogP contribution in [0.2, 0.25) is 0 Å². The average Bonchev–Trinajstić information content (AvgIpc) is 3.35. The van der Waals surface area contributed by atoms with Crippen LogP contribution in [0.5, 0.6) is 5.75 Å². The maximum atomic E-state index is 13.7. The van der Waals surface area contributed by atoms with E-state index in [1.807, 2.05) is 17.0 Å². The van der Waals surface area contributed by atoms with E-state index in [4.69, 9.17) is 9.47 Å². The van der Waals surface area contributed by atoms with Crippen molar-refractivity contribution in [2.75, 3.05) is 40.0 Å². The van der Waals surface area contributed by atoms with E-state index in [1.54, 1.807) is 49.8 Å². The molecule has 2 atom stereocenters. The molecule has 0 radical (unpaired) electrons. The molecule has 35 heavy (non-hydrogen) atoms. The number of rotatable bonds is 8. The van der Waals surface area contributed by atoms with Gasteiger partial charge in [0.15, 0.2) is 0 Å². The number of nitrogens with zero attached hydrogens (tertiary/aromatic N) is 3. The van der Waals surface area contributed by atoms with E-state index in [2.05, 4.69) is 4.98 Å². The zero-order valence-electron chi connectivity index (χ0n) is 20.8. The molecule has 2 fully saturated rings. The average molecular weight is 502 g/mol. The number of pyridine rings is 1. The van der Waals surface area contributed by atoms with Gasteiger partial charge in [0.2, 0.25) is 15.9 Å². The van der Waals surface area contributed by atoms with Crippen molar-refractivity contribution in [3.63, 3.8) is 0 Å². The highest BCUT2D eigenvalue weighted by atomic mass is 32.2. The van der Waals surface area contributed by atoms with Crippen molar-refractivity contribution in [1.29, 1.82) is 0 Å². The maximum absolute atomic E-state index is 13.7. The summed E-state index contributed by atoms with van der Waals surface area (Å²) in [6, 6.07) is 7.22. The number of benzene rings is 1. The molecule has 0 aliphatic carbocycles. The Morgan fingerprint density at radius 2 is 1.80 bits per heavy atom. The third-order valence-electron chi connectivity index (χ3n) is 7.06. The first-order valence-corrected chi connectivity index (χ1v) is 13.7. The van der Waals surface area contributed by atoms with Crippen molar-refractivity contribution >= 4 is 15.9 Å². The van der Waals surface area contributed by atoms with Crippen molar-refractivity contribution in [3.05, 3.63) is 53.3 Å². The Bertz CT molecular complexity index is 1120. The second-order valence-corrected chi connectivity index (χ2v) is 11.3. The second-order valence-electron chi connectivity index (χ2n) is 9.48. The number of hydrogen-bond acceptors (Lipinski definition) is 6. The molecule has 0 bridgehead atoms. The van der Waals surface area contributed by atoms with E-state index >= 15 is 0 Å². The van der Waals surface area contributed by atoms with Gasteiger partial charge >= 0.3 is 0 Å². The van der Waals surface area contributed by atoms with Gasteiger partial charge in [-0.2, -0.15) is 4.31 Å². The summed E-state index contributed by atoms with van der Waals surface area (Å²) < 4.78 is 40.0. The van der Waals surface area contributed by atoms with Gasteiger partial charge in [-0.05, 0) is 74.1 Å². The zero-order valence-corrected chi connectivity index (χ0v) is 21.6. The smallest absolute Gasteiger partial charge is 0.248 e. The standard InChI is InChI=1S/C26H35N3O5S/c1-19-14-24(33-3)15-20(2)26(19)35(31,32)29-12-5-4-6-23(29)17-34-18-25(30)28-13-9-22(16-28)21-7-10-27-11-8-21/h7-8,10-11,14-15,22-23H,4-6,9,12-13,16-18H2,1-3H3. The molecule has 0 N–H and O–H groups in total. The van der Waals surface area contributed by atoms with Crippen LogP contribution in [0, 0.1) is 13.8 Å². The molecule has 9 heteroatoms. The lowest BCUT2D eigenvalue weighted by Gasteiger charge is -2.35. The number of carbonyl (C=O) groups is 1. The summed E-state index contributed by atoms with van der Waals surface area (Å²) >= 11 is 0. The minimum absolute atomic E-state index is 0.0337. The largest absolute Gasteiger partial charge is 0.497 e. The Kier molecular flexibility index (Phi) is 8.09. The topological polar surface area (TPSA) is 89.0 Å². The minimum atomic E-state index is -3.70. The molecule has 2 saturated heterocycles. The van der Waals surface area contributed by atoms with Crippen LogP contribution in [0.3, 0.4) is 0 Å². The first kappa shape index (κ1) is 25.6. The highest BCUT2D eigenvalue weighted by molar-refractivity contribution is 7.89. The van der Waals surface area contributed by atoms with E-state index in [1.165, 1.54) is 5.56 Å². The number of aryl methyl sites for hydroxylation is 2. The third kappa shape index (κ3) is 5.68. The predicted octanol–water partition coefficient (Wildman–Crippen LogP) is 3.28. The van der Waals surface area contributed by atoms with Crippen LogP contribution in [-0.2, 0) is 19.6 Å². The van der Waals surface area contributed by atoms with Crippen molar-refractivity contribution in [2.45, 2.75) is 56.4 Å². The molecule has 1 amide bonds. The van der Waals surface area contributed by atoms with E-state index < -0.39 is 10.0 Å². The molecule has 0 spiro atoms. The summed E-state index contributed by atoms with van der Waals surface area (Å²) in [5.74, 6) is 0.912. The Balaban J connectivity index is 1.37. The zero-order chi connectivity index (χ0) is 25.0. The van der Waals surface area contributed by atoms with Crippen molar-refractivity contribution < 1.29 is 22.7 Å². The fraction of sp³-hybridized carbons (Fsp3) is 0.538. The minimum Gasteiger partial charge on any atom is -0.497 e. The highest BCUT2D eigenvalue weighted by Crippen LogP contribution is 2.32. The number of hydrogen-bond donors (Lipinski definition) is 0. The fourth-order valence-corrected chi connectivity index (χ4v) is 7.37. The van der Waals surface area contributed by atoms with Crippen LogP contribution in [0.4, 0.5) is 0 Å². The Morgan fingerprint density at radius 1 is 1.09 bits per heavy atom. The Labute approximate surface area is 208 Å². The molecule has 4 rings (SSSR count). The van der Waals surface area contributed by atoms with Crippen LogP contribution < -0.4 is 4.74 Å². The highest BCUT2D eigenvalue weighted by Gasteiger charge is 2.36. The van der Waals surface area contributed by atoms with Crippen molar-refractivity contribution in [2.24, 2.45) is 0 Å².